The van der Waals surface area contributed by atoms with Crippen LogP contribution >= 0.6 is 0 Å². The number of ether oxygens (including phenoxy) is 1. The molecule has 1 aromatic carbocycles. The van der Waals surface area contributed by atoms with Crippen LogP contribution in [0.5, 0.6) is 5.75 Å². The van der Waals surface area contributed by atoms with E-state index in [0.29, 0.717) is 22.6 Å². The van der Waals surface area contributed by atoms with Gasteiger partial charge in [0.25, 0.3) is 11.5 Å². The Morgan fingerprint density at radius 2 is 1.94 bits per heavy atom. The number of hydrogen-bond donors (Lipinski definition) is 2. The third-order valence-corrected chi connectivity index (χ3v) is 5.81. The van der Waals surface area contributed by atoms with Gasteiger partial charge in [0, 0.05) is 17.8 Å². The monoisotopic (exact) mass is 430 g/mol. The maximum Gasteiger partial charge on any atom is 0.256 e. The molecule has 3 heterocycles. The molecule has 0 saturated carbocycles. The molecule has 0 saturated heterocycles. The first-order chi connectivity index (χ1) is 15.4. The Hall–Kier alpha value is -3.87. The molecule has 7 heteroatoms. The van der Waals surface area contributed by atoms with E-state index in [4.69, 9.17) is 4.74 Å². The number of aromatic amines is 1. The molecule has 0 aliphatic rings. The summed E-state index contributed by atoms with van der Waals surface area (Å²) in [5, 5.41) is 7.42. The van der Waals surface area contributed by atoms with Gasteiger partial charge in [0.15, 0.2) is 0 Å². The van der Waals surface area contributed by atoms with Crippen LogP contribution in [-0.2, 0) is 6.54 Å². The smallest absolute Gasteiger partial charge is 0.256 e. The van der Waals surface area contributed by atoms with Gasteiger partial charge >= 0.3 is 0 Å². The van der Waals surface area contributed by atoms with E-state index in [1.807, 2.05) is 41.8 Å². The quantitative estimate of drug-likeness (QED) is 0.488. The number of carbonyl (C=O) groups excluding carboxylic acids is 1. The highest BCUT2D eigenvalue weighted by atomic mass is 16.5. The average Bonchev–Trinajstić information content (AvgIpc) is 3.09. The minimum absolute atomic E-state index is 0.0418. The number of aromatic nitrogens is 3. The molecule has 0 radical (unpaired) electrons. The van der Waals surface area contributed by atoms with Crippen molar-refractivity contribution in [3.05, 3.63) is 98.7 Å². The van der Waals surface area contributed by atoms with Gasteiger partial charge in [0.1, 0.15) is 5.75 Å². The van der Waals surface area contributed by atoms with Crippen molar-refractivity contribution in [3.63, 3.8) is 0 Å². The van der Waals surface area contributed by atoms with Crippen molar-refractivity contribution in [3.8, 4) is 5.75 Å². The number of H-pyrrole nitrogens is 1. The lowest BCUT2D eigenvalue weighted by molar-refractivity contribution is 0.0951. The lowest BCUT2D eigenvalue weighted by Crippen LogP contribution is -2.28. The average molecular weight is 431 g/mol. The Labute approximate surface area is 186 Å². The summed E-state index contributed by atoms with van der Waals surface area (Å²) in [5.41, 5.74) is 5.04. The Morgan fingerprint density at radius 1 is 1.19 bits per heavy atom. The summed E-state index contributed by atoms with van der Waals surface area (Å²) >= 11 is 0. The van der Waals surface area contributed by atoms with Crippen molar-refractivity contribution in [2.45, 2.75) is 33.2 Å². The Balaban J connectivity index is 1.72. The SMILES string of the molecule is COc1cc(C)[nH]c(=O)c1CNC(=O)c1c(C)c([C@H](C)c2ccccc2)n2ncccc12. The Bertz CT molecular complexity index is 1340. The first-order valence-corrected chi connectivity index (χ1v) is 10.5. The standard InChI is InChI=1S/C25H26N4O3/c1-15-13-21(32-4)19(24(30)28-15)14-26-25(31)22-17(3)23(29-20(22)11-8-12-27-29)16(2)18-9-6-5-7-10-18/h5-13,16H,14H2,1-4H3,(H,26,31)(H,28,30)/t16-/m1/s1. The summed E-state index contributed by atoms with van der Waals surface area (Å²) in [5.74, 6) is 0.229. The minimum Gasteiger partial charge on any atom is -0.496 e. The molecule has 1 atom stereocenters. The summed E-state index contributed by atoms with van der Waals surface area (Å²) in [6.07, 6.45) is 1.71. The van der Waals surface area contributed by atoms with Gasteiger partial charge in [-0.3, -0.25) is 9.59 Å². The predicted molar refractivity (Wildman–Crippen MR) is 123 cm³/mol. The van der Waals surface area contributed by atoms with E-state index in [0.717, 1.165) is 22.3 Å². The van der Waals surface area contributed by atoms with Gasteiger partial charge in [0.05, 0.1) is 36.0 Å². The second-order valence-corrected chi connectivity index (χ2v) is 7.85. The largest absolute Gasteiger partial charge is 0.496 e. The molecule has 1 amide bonds. The number of nitrogens with one attached hydrogen (secondary N) is 2. The maximum atomic E-state index is 13.3. The van der Waals surface area contributed by atoms with Gasteiger partial charge in [0.2, 0.25) is 0 Å². The summed E-state index contributed by atoms with van der Waals surface area (Å²) in [4.78, 5) is 28.4. The number of hydrogen-bond acceptors (Lipinski definition) is 4. The molecule has 0 aliphatic carbocycles. The molecule has 32 heavy (non-hydrogen) atoms. The van der Waals surface area contributed by atoms with Crippen LogP contribution in [0.25, 0.3) is 5.52 Å². The fourth-order valence-electron chi connectivity index (χ4n) is 4.22. The van der Waals surface area contributed by atoms with E-state index in [-0.39, 0.29) is 23.9 Å². The lowest BCUT2D eigenvalue weighted by atomic mass is 9.94. The minimum atomic E-state index is -0.277. The number of fused-ring (bicyclic) bond motifs is 1. The zero-order chi connectivity index (χ0) is 22.8. The number of aryl methyl sites for hydroxylation is 1. The number of benzene rings is 1. The van der Waals surface area contributed by atoms with Crippen molar-refractivity contribution < 1.29 is 9.53 Å². The van der Waals surface area contributed by atoms with Gasteiger partial charge in [-0.1, -0.05) is 37.3 Å². The summed E-state index contributed by atoms with van der Waals surface area (Å²) < 4.78 is 7.17. The van der Waals surface area contributed by atoms with E-state index in [1.165, 1.54) is 7.11 Å². The first kappa shape index (κ1) is 21.4. The molecule has 0 bridgehead atoms. The van der Waals surface area contributed by atoms with Crippen molar-refractivity contribution >= 4 is 11.4 Å². The molecule has 7 nitrogen and oxygen atoms in total. The highest BCUT2D eigenvalue weighted by Gasteiger charge is 2.25. The van der Waals surface area contributed by atoms with E-state index < -0.39 is 0 Å². The fraction of sp³-hybridized carbons (Fsp3) is 0.240. The number of amides is 1. The first-order valence-electron chi connectivity index (χ1n) is 10.5. The lowest BCUT2D eigenvalue weighted by Gasteiger charge is -2.13. The number of carbonyl (C=O) groups is 1. The Morgan fingerprint density at radius 3 is 2.66 bits per heavy atom. The second-order valence-electron chi connectivity index (χ2n) is 7.85. The molecular formula is C25H26N4O3. The van der Waals surface area contributed by atoms with Crippen molar-refractivity contribution in [2.24, 2.45) is 0 Å². The van der Waals surface area contributed by atoms with Crippen molar-refractivity contribution in [1.82, 2.24) is 19.9 Å². The van der Waals surface area contributed by atoms with Crippen LogP contribution in [0.4, 0.5) is 0 Å². The second kappa shape index (κ2) is 8.70. The molecule has 0 fully saturated rings. The highest BCUT2D eigenvalue weighted by Crippen LogP contribution is 2.32. The third-order valence-electron chi connectivity index (χ3n) is 5.81. The van der Waals surface area contributed by atoms with Crippen LogP contribution in [0.3, 0.4) is 0 Å². The van der Waals surface area contributed by atoms with Crippen LogP contribution in [0, 0.1) is 13.8 Å². The topological polar surface area (TPSA) is 88.5 Å². The van der Waals surface area contributed by atoms with Crippen LogP contribution in [0.15, 0.2) is 59.5 Å². The molecule has 4 aromatic rings. The molecular weight excluding hydrogens is 404 g/mol. The normalized spacial score (nSPS) is 12.0. The van der Waals surface area contributed by atoms with E-state index in [1.54, 1.807) is 19.2 Å². The fourth-order valence-corrected chi connectivity index (χ4v) is 4.22. The zero-order valence-electron chi connectivity index (χ0n) is 18.6. The van der Waals surface area contributed by atoms with Crippen molar-refractivity contribution in [1.29, 1.82) is 0 Å². The van der Waals surface area contributed by atoms with E-state index in [2.05, 4.69) is 34.5 Å². The Kier molecular flexibility index (Phi) is 5.81. The molecule has 0 spiro atoms. The van der Waals surface area contributed by atoms with E-state index in [9.17, 15) is 9.59 Å². The van der Waals surface area contributed by atoms with Gasteiger partial charge in [-0.25, -0.2) is 4.52 Å². The van der Waals surface area contributed by atoms with Gasteiger partial charge < -0.3 is 15.0 Å². The summed E-state index contributed by atoms with van der Waals surface area (Å²) in [6, 6.07) is 15.6. The number of rotatable bonds is 6. The molecule has 2 N–H and O–H groups in total. The van der Waals surface area contributed by atoms with E-state index >= 15 is 0 Å². The van der Waals surface area contributed by atoms with Crippen LogP contribution < -0.4 is 15.6 Å². The van der Waals surface area contributed by atoms with Crippen molar-refractivity contribution in [2.75, 3.05) is 7.11 Å². The molecule has 4 rings (SSSR count). The molecule has 164 valence electrons. The van der Waals surface area contributed by atoms with Crippen LogP contribution in [0.1, 0.15) is 51.3 Å². The van der Waals surface area contributed by atoms with Gasteiger partial charge in [-0.15, -0.1) is 0 Å². The van der Waals surface area contributed by atoms with Gasteiger partial charge in [-0.2, -0.15) is 5.10 Å². The zero-order valence-corrected chi connectivity index (χ0v) is 18.6. The molecule has 0 aliphatic heterocycles. The summed E-state index contributed by atoms with van der Waals surface area (Å²) in [6.45, 7) is 5.89. The van der Waals surface area contributed by atoms with Crippen LogP contribution in [0.2, 0.25) is 0 Å². The highest BCUT2D eigenvalue weighted by molar-refractivity contribution is 6.03. The number of methoxy groups -OCH3 is 1. The summed E-state index contributed by atoms with van der Waals surface area (Å²) in [7, 11) is 1.51. The number of pyridine rings is 1. The maximum absolute atomic E-state index is 13.3. The van der Waals surface area contributed by atoms with Gasteiger partial charge in [-0.05, 0) is 43.2 Å². The predicted octanol–water partition coefficient (Wildman–Crippen LogP) is 3.73. The number of nitrogens with zero attached hydrogens (tertiary/aromatic N) is 2. The van der Waals surface area contributed by atoms with Crippen LogP contribution in [-0.4, -0.2) is 27.6 Å². The molecule has 3 aromatic heterocycles. The third kappa shape index (κ3) is 3.77. The molecule has 0 unspecified atom stereocenters.